The lowest BCUT2D eigenvalue weighted by molar-refractivity contribution is -0.139. The van der Waals surface area contributed by atoms with Crippen molar-refractivity contribution in [1.82, 2.24) is 20.1 Å². The number of hydrogen-bond acceptors (Lipinski definition) is 4. The van der Waals surface area contributed by atoms with Crippen molar-refractivity contribution in [3.63, 3.8) is 0 Å². The molecule has 0 bridgehead atoms. The van der Waals surface area contributed by atoms with Crippen molar-refractivity contribution in [2.45, 2.75) is 45.3 Å². The van der Waals surface area contributed by atoms with Crippen LogP contribution in [-0.2, 0) is 22.7 Å². The first-order valence-corrected chi connectivity index (χ1v) is 10.2. The van der Waals surface area contributed by atoms with Crippen molar-refractivity contribution in [3.05, 3.63) is 65.5 Å². The zero-order valence-electron chi connectivity index (χ0n) is 17.3. The second-order valence-corrected chi connectivity index (χ2v) is 8.30. The Bertz CT molecular complexity index is 973. The van der Waals surface area contributed by atoms with Crippen molar-refractivity contribution < 1.29 is 14.4 Å². The van der Waals surface area contributed by atoms with Crippen LogP contribution in [0.3, 0.4) is 0 Å². The molecule has 1 saturated carbocycles. The SMILES string of the molecule is Cc1cccc(CN(Cc2ccccc2)C(=O)CN2C(=O)N[C@@](C)(C3CC3)C2=O)n1. The zero-order valence-corrected chi connectivity index (χ0v) is 17.3. The van der Waals surface area contributed by atoms with E-state index in [-0.39, 0.29) is 24.3 Å². The summed E-state index contributed by atoms with van der Waals surface area (Å²) in [5.41, 5.74) is 1.71. The van der Waals surface area contributed by atoms with Crippen LogP contribution >= 0.6 is 0 Å². The highest BCUT2D eigenvalue weighted by atomic mass is 16.2. The lowest BCUT2D eigenvalue weighted by Gasteiger charge is -2.25. The Kier molecular flexibility index (Phi) is 5.28. The number of nitrogens with one attached hydrogen (secondary N) is 1. The van der Waals surface area contributed by atoms with Crippen molar-refractivity contribution in [2.24, 2.45) is 5.92 Å². The van der Waals surface area contributed by atoms with Gasteiger partial charge in [0.2, 0.25) is 5.91 Å². The number of carbonyl (C=O) groups excluding carboxylic acids is 3. The van der Waals surface area contributed by atoms with Gasteiger partial charge < -0.3 is 10.2 Å². The molecule has 0 spiro atoms. The average molecular weight is 406 g/mol. The van der Waals surface area contributed by atoms with E-state index in [1.54, 1.807) is 11.8 Å². The van der Waals surface area contributed by atoms with Gasteiger partial charge in [0.15, 0.2) is 0 Å². The van der Waals surface area contributed by atoms with Gasteiger partial charge in [-0.1, -0.05) is 36.4 Å². The smallest absolute Gasteiger partial charge is 0.325 e. The third kappa shape index (κ3) is 4.06. The Morgan fingerprint density at radius 1 is 1.13 bits per heavy atom. The van der Waals surface area contributed by atoms with Crippen molar-refractivity contribution in [3.8, 4) is 0 Å². The zero-order chi connectivity index (χ0) is 21.3. The van der Waals surface area contributed by atoms with Crippen LogP contribution in [0, 0.1) is 12.8 Å². The molecular weight excluding hydrogens is 380 g/mol. The number of imide groups is 1. The minimum Gasteiger partial charge on any atom is -0.331 e. The van der Waals surface area contributed by atoms with Crippen molar-refractivity contribution in [2.75, 3.05) is 6.54 Å². The second kappa shape index (κ2) is 7.89. The Balaban J connectivity index is 1.53. The molecule has 1 aliphatic heterocycles. The molecule has 2 heterocycles. The predicted octanol–water partition coefficient (Wildman–Crippen LogP) is 2.64. The topological polar surface area (TPSA) is 82.6 Å². The Labute approximate surface area is 176 Å². The standard InChI is InChI=1S/C23H26N4O3/c1-16-7-6-10-19(24-16)14-26(13-17-8-4-3-5-9-17)20(28)15-27-21(29)23(2,18-11-12-18)25-22(27)30/h3-10,18H,11-15H2,1-2H3,(H,25,30)/t23-/m0/s1. The molecule has 30 heavy (non-hydrogen) atoms. The number of aryl methyl sites for hydroxylation is 1. The molecule has 1 saturated heterocycles. The van der Waals surface area contributed by atoms with Gasteiger partial charge in [-0.3, -0.25) is 19.5 Å². The molecule has 4 amide bonds. The fourth-order valence-electron chi connectivity index (χ4n) is 3.95. The van der Waals surface area contributed by atoms with Gasteiger partial charge in [0, 0.05) is 12.2 Å². The van der Waals surface area contributed by atoms with E-state index in [9.17, 15) is 14.4 Å². The first-order valence-electron chi connectivity index (χ1n) is 10.2. The summed E-state index contributed by atoms with van der Waals surface area (Å²) in [5.74, 6) is -0.437. The van der Waals surface area contributed by atoms with Crippen LogP contribution in [0.2, 0.25) is 0 Å². The van der Waals surface area contributed by atoms with E-state index < -0.39 is 11.6 Å². The van der Waals surface area contributed by atoms with Crippen LogP contribution in [0.1, 0.15) is 36.7 Å². The highest BCUT2D eigenvalue weighted by Crippen LogP contribution is 2.42. The first-order chi connectivity index (χ1) is 14.4. The predicted molar refractivity (Wildman–Crippen MR) is 111 cm³/mol. The van der Waals surface area contributed by atoms with Crippen molar-refractivity contribution in [1.29, 1.82) is 0 Å². The van der Waals surface area contributed by atoms with Crippen LogP contribution in [0.5, 0.6) is 0 Å². The molecule has 1 aliphatic carbocycles. The third-order valence-electron chi connectivity index (χ3n) is 5.86. The van der Waals surface area contributed by atoms with E-state index in [1.165, 1.54) is 0 Å². The number of amides is 4. The van der Waals surface area contributed by atoms with E-state index in [0.29, 0.717) is 13.1 Å². The lowest BCUT2D eigenvalue weighted by atomic mass is 9.96. The summed E-state index contributed by atoms with van der Waals surface area (Å²) < 4.78 is 0. The lowest BCUT2D eigenvalue weighted by Crippen LogP contribution is -2.47. The number of hydrogen-bond donors (Lipinski definition) is 1. The van der Waals surface area contributed by atoms with Gasteiger partial charge in [0.25, 0.3) is 5.91 Å². The van der Waals surface area contributed by atoms with Gasteiger partial charge in [-0.25, -0.2) is 4.79 Å². The second-order valence-electron chi connectivity index (χ2n) is 8.30. The summed E-state index contributed by atoms with van der Waals surface area (Å²) in [7, 11) is 0. The summed E-state index contributed by atoms with van der Waals surface area (Å²) >= 11 is 0. The maximum absolute atomic E-state index is 13.2. The molecule has 0 unspecified atom stereocenters. The number of aromatic nitrogens is 1. The van der Waals surface area contributed by atoms with Crippen LogP contribution in [0.25, 0.3) is 0 Å². The highest BCUT2D eigenvalue weighted by molar-refractivity contribution is 6.09. The van der Waals surface area contributed by atoms with E-state index in [4.69, 9.17) is 0 Å². The van der Waals surface area contributed by atoms with Crippen LogP contribution in [0.4, 0.5) is 4.79 Å². The highest BCUT2D eigenvalue weighted by Gasteiger charge is 2.56. The Morgan fingerprint density at radius 3 is 2.53 bits per heavy atom. The van der Waals surface area contributed by atoms with E-state index in [1.807, 2.05) is 55.5 Å². The molecule has 7 heteroatoms. The molecule has 2 fully saturated rings. The monoisotopic (exact) mass is 406 g/mol. The molecule has 1 N–H and O–H groups in total. The van der Waals surface area contributed by atoms with E-state index in [0.717, 1.165) is 34.7 Å². The molecular formula is C23H26N4O3. The summed E-state index contributed by atoms with van der Waals surface area (Å²) in [6.07, 6.45) is 1.84. The van der Waals surface area contributed by atoms with E-state index in [2.05, 4.69) is 10.3 Å². The molecule has 156 valence electrons. The molecule has 0 radical (unpaired) electrons. The number of rotatable bonds is 7. The van der Waals surface area contributed by atoms with Gasteiger partial charge >= 0.3 is 6.03 Å². The van der Waals surface area contributed by atoms with Crippen LogP contribution < -0.4 is 5.32 Å². The normalized spacial score (nSPS) is 20.9. The van der Waals surface area contributed by atoms with E-state index >= 15 is 0 Å². The van der Waals surface area contributed by atoms with Gasteiger partial charge in [0.1, 0.15) is 12.1 Å². The maximum Gasteiger partial charge on any atom is 0.325 e. The fourth-order valence-corrected chi connectivity index (χ4v) is 3.95. The summed E-state index contributed by atoms with van der Waals surface area (Å²) in [4.78, 5) is 45.8. The molecule has 7 nitrogen and oxygen atoms in total. The maximum atomic E-state index is 13.2. The fraction of sp³-hybridized carbons (Fsp3) is 0.391. The van der Waals surface area contributed by atoms with Gasteiger partial charge in [0.05, 0.1) is 12.2 Å². The van der Waals surface area contributed by atoms with Crippen LogP contribution in [0.15, 0.2) is 48.5 Å². The van der Waals surface area contributed by atoms with Gasteiger partial charge in [-0.2, -0.15) is 0 Å². The third-order valence-corrected chi connectivity index (χ3v) is 5.86. The van der Waals surface area contributed by atoms with Crippen molar-refractivity contribution >= 4 is 17.8 Å². The molecule has 2 aliphatic rings. The molecule has 1 atom stereocenters. The minimum atomic E-state index is -0.889. The molecule has 1 aromatic heterocycles. The molecule has 4 rings (SSSR count). The molecule has 2 aromatic rings. The summed E-state index contributed by atoms with van der Waals surface area (Å²) in [6, 6.07) is 14.8. The quantitative estimate of drug-likeness (QED) is 0.717. The number of pyridine rings is 1. The average Bonchev–Trinajstić information content (AvgIpc) is 3.54. The Hall–Kier alpha value is -3.22. The Morgan fingerprint density at radius 2 is 1.87 bits per heavy atom. The minimum absolute atomic E-state index is 0.158. The molecule has 1 aromatic carbocycles. The van der Waals surface area contributed by atoms with Gasteiger partial charge in [-0.05, 0) is 50.3 Å². The first kappa shape index (κ1) is 20.1. The largest absolute Gasteiger partial charge is 0.331 e. The summed E-state index contributed by atoms with van der Waals surface area (Å²) in [5, 5.41) is 2.80. The summed E-state index contributed by atoms with van der Waals surface area (Å²) in [6.45, 7) is 4.07. The number of urea groups is 1. The van der Waals surface area contributed by atoms with Crippen LogP contribution in [-0.4, -0.2) is 44.7 Å². The number of nitrogens with zero attached hydrogens (tertiary/aromatic N) is 3. The van der Waals surface area contributed by atoms with Gasteiger partial charge in [-0.15, -0.1) is 0 Å². The number of benzene rings is 1. The number of carbonyl (C=O) groups is 3.